The molecule has 11 nitrogen and oxygen atoms in total. The Balaban J connectivity index is 1.40. The first-order chi connectivity index (χ1) is 16.1. The summed E-state index contributed by atoms with van der Waals surface area (Å²) in [7, 11) is 0. The zero-order chi connectivity index (χ0) is 22.8. The maximum atomic E-state index is 12.4. The van der Waals surface area contributed by atoms with Gasteiger partial charge in [-0.1, -0.05) is 0 Å². The summed E-state index contributed by atoms with van der Waals surface area (Å²) in [5, 5.41) is 10.7. The molecule has 0 atom stereocenters. The second-order valence-corrected chi connectivity index (χ2v) is 7.56. The lowest BCUT2D eigenvalue weighted by Gasteiger charge is -2.26. The first-order valence-electron chi connectivity index (χ1n) is 10.5. The Morgan fingerprint density at radius 2 is 1.82 bits per heavy atom. The molecule has 4 N–H and O–H groups in total. The summed E-state index contributed by atoms with van der Waals surface area (Å²) in [6, 6.07) is 12.7. The van der Waals surface area contributed by atoms with Gasteiger partial charge in [0.2, 0.25) is 0 Å². The van der Waals surface area contributed by atoms with E-state index in [2.05, 4.69) is 30.7 Å². The molecule has 33 heavy (non-hydrogen) atoms. The zero-order valence-electron chi connectivity index (χ0n) is 18.0. The Bertz CT molecular complexity index is 1280. The number of nitrogens with zero attached hydrogens (tertiary/aromatic N) is 6. The van der Waals surface area contributed by atoms with Crippen LogP contribution >= 0.6 is 0 Å². The summed E-state index contributed by atoms with van der Waals surface area (Å²) in [4.78, 5) is 27.5. The smallest absolute Gasteiger partial charge is 0.321 e. The van der Waals surface area contributed by atoms with Crippen LogP contribution in [0, 0.1) is 6.92 Å². The summed E-state index contributed by atoms with van der Waals surface area (Å²) in [6.07, 6.45) is 1.69. The van der Waals surface area contributed by atoms with Crippen LogP contribution in [0.5, 0.6) is 0 Å². The molecular formula is C22H23N9O2. The fourth-order valence-electron chi connectivity index (χ4n) is 3.66. The van der Waals surface area contributed by atoms with Crippen molar-refractivity contribution in [1.29, 1.82) is 0 Å². The van der Waals surface area contributed by atoms with Crippen LogP contribution in [0.4, 0.5) is 27.8 Å². The Hall–Kier alpha value is -4.25. The molecule has 1 fully saturated rings. The van der Waals surface area contributed by atoms with Crippen molar-refractivity contribution in [2.75, 3.05) is 42.7 Å². The van der Waals surface area contributed by atoms with Crippen LogP contribution in [-0.2, 0) is 4.74 Å². The van der Waals surface area contributed by atoms with Crippen molar-refractivity contribution in [2.45, 2.75) is 6.92 Å². The van der Waals surface area contributed by atoms with Crippen LogP contribution in [0.1, 0.15) is 5.82 Å². The third-order valence-electron chi connectivity index (χ3n) is 5.19. The monoisotopic (exact) mass is 445 g/mol. The maximum Gasteiger partial charge on any atom is 0.321 e. The fourth-order valence-corrected chi connectivity index (χ4v) is 3.66. The average molecular weight is 445 g/mol. The van der Waals surface area contributed by atoms with Crippen molar-refractivity contribution in [2.24, 2.45) is 0 Å². The molecule has 1 saturated heterocycles. The van der Waals surface area contributed by atoms with E-state index < -0.39 is 0 Å². The molecule has 1 aliphatic heterocycles. The number of aryl methyl sites for hydroxylation is 1. The Morgan fingerprint density at radius 3 is 2.58 bits per heavy atom. The minimum Gasteiger partial charge on any atom is -0.384 e. The van der Waals surface area contributed by atoms with Crippen LogP contribution in [0.15, 0.2) is 48.7 Å². The third-order valence-corrected chi connectivity index (χ3v) is 5.19. The molecule has 4 aromatic rings. The molecule has 3 aromatic heterocycles. The lowest BCUT2D eigenvalue weighted by molar-refractivity contribution is 0.0564. The predicted molar refractivity (Wildman–Crippen MR) is 124 cm³/mol. The van der Waals surface area contributed by atoms with Gasteiger partial charge in [0.1, 0.15) is 17.3 Å². The van der Waals surface area contributed by atoms with E-state index in [1.165, 1.54) is 0 Å². The number of morpholine rings is 1. The number of nitrogens with two attached hydrogens (primary N) is 1. The summed E-state index contributed by atoms with van der Waals surface area (Å²) < 4.78 is 7.00. The van der Waals surface area contributed by atoms with Crippen LogP contribution in [0.25, 0.3) is 17.0 Å². The molecule has 0 bridgehead atoms. The van der Waals surface area contributed by atoms with Crippen LogP contribution < -0.4 is 16.4 Å². The van der Waals surface area contributed by atoms with E-state index in [4.69, 9.17) is 10.5 Å². The number of carbonyl (C=O) groups is 1. The third kappa shape index (κ3) is 4.39. The number of benzene rings is 1. The van der Waals surface area contributed by atoms with Gasteiger partial charge in [-0.3, -0.25) is 0 Å². The number of nitrogens with one attached hydrogen (secondary N) is 2. The largest absolute Gasteiger partial charge is 0.384 e. The molecule has 2 amide bonds. The molecule has 0 aliphatic carbocycles. The first kappa shape index (κ1) is 20.6. The molecule has 0 spiro atoms. The van der Waals surface area contributed by atoms with Gasteiger partial charge in [0.15, 0.2) is 11.5 Å². The molecule has 5 rings (SSSR count). The van der Waals surface area contributed by atoms with E-state index in [1.807, 2.05) is 36.4 Å². The van der Waals surface area contributed by atoms with Crippen molar-refractivity contribution < 1.29 is 9.53 Å². The maximum absolute atomic E-state index is 12.4. The Morgan fingerprint density at radius 1 is 1.06 bits per heavy atom. The first-order valence-corrected chi connectivity index (χ1v) is 10.5. The highest BCUT2D eigenvalue weighted by Crippen LogP contribution is 2.30. The van der Waals surface area contributed by atoms with E-state index in [-0.39, 0.29) is 6.03 Å². The van der Waals surface area contributed by atoms with Crippen molar-refractivity contribution >= 4 is 34.7 Å². The highest BCUT2D eigenvalue weighted by molar-refractivity contribution is 5.89. The number of ether oxygens (including phenoxy) is 1. The summed E-state index contributed by atoms with van der Waals surface area (Å²) in [6.45, 7) is 4.08. The molecule has 11 heteroatoms. The van der Waals surface area contributed by atoms with Gasteiger partial charge in [-0.05, 0) is 43.3 Å². The number of hydrogen-bond donors (Lipinski definition) is 3. The van der Waals surface area contributed by atoms with Gasteiger partial charge in [-0.25, -0.2) is 24.3 Å². The second-order valence-electron chi connectivity index (χ2n) is 7.56. The van der Waals surface area contributed by atoms with Gasteiger partial charge in [-0.15, -0.1) is 0 Å². The predicted octanol–water partition coefficient (Wildman–Crippen LogP) is 2.68. The molecule has 0 unspecified atom stereocenters. The standard InChI is InChI=1S/C22H23N9O2/c1-14-25-17(13-18(23)26-14)20-21(29-19-3-2-8-24-31(19)20)27-15-4-6-16(7-5-15)28-22(32)30-9-11-33-12-10-30/h2-8,13,27H,9-12H2,1H3,(H,28,32)(H2,23,25,26). The van der Waals surface area contributed by atoms with Gasteiger partial charge >= 0.3 is 6.03 Å². The van der Waals surface area contributed by atoms with E-state index in [0.717, 1.165) is 5.69 Å². The van der Waals surface area contributed by atoms with Gasteiger partial charge in [0, 0.05) is 36.7 Å². The number of hydrogen-bond acceptors (Lipinski definition) is 8. The van der Waals surface area contributed by atoms with Gasteiger partial charge in [0.25, 0.3) is 0 Å². The summed E-state index contributed by atoms with van der Waals surface area (Å²) >= 11 is 0. The van der Waals surface area contributed by atoms with E-state index in [1.54, 1.807) is 28.6 Å². The van der Waals surface area contributed by atoms with E-state index in [0.29, 0.717) is 66.5 Å². The number of rotatable bonds is 4. The minimum atomic E-state index is -0.135. The van der Waals surface area contributed by atoms with E-state index in [9.17, 15) is 4.79 Å². The number of imidazole rings is 1. The zero-order valence-corrected chi connectivity index (χ0v) is 18.0. The normalized spacial score (nSPS) is 13.8. The average Bonchev–Trinajstić information content (AvgIpc) is 3.18. The number of aromatic nitrogens is 5. The fraction of sp³-hybridized carbons (Fsp3) is 0.227. The van der Waals surface area contributed by atoms with Crippen molar-refractivity contribution in [1.82, 2.24) is 29.5 Å². The van der Waals surface area contributed by atoms with Gasteiger partial charge < -0.3 is 26.0 Å². The molecule has 0 saturated carbocycles. The number of anilines is 4. The minimum absolute atomic E-state index is 0.135. The Labute approximate surface area is 189 Å². The van der Waals surface area contributed by atoms with Crippen LogP contribution in [-0.4, -0.2) is 61.8 Å². The number of amides is 2. The summed E-state index contributed by atoms with van der Waals surface area (Å²) in [5.74, 6) is 1.51. The molecule has 0 radical (unpaired) electrons. The number of carbonyl (C=O) groups excluding carboxylic acids is 1. The molecule has 1 aromatic carbocycles. The highest BCUT2D eigenvalue weighted by Gasteiger charge is 2.19. The number of fused-ring (bicyclic) bond motifs is 1. The van der Waals surface area contributed by atoms with Crippen molar-refractivity contribution in [3.05, 3.63) is 54.5 Å². The van der Waals surface area contributed by atoms with Crippen molar-refractivity contribution in [3.8, 4) is 11.4 Å². The van der Waals surface area contributed by atoms with Crippen LogP contribution in [0.2, 0.25) is 0 Å². The van der Waals surface area contributed by atoms with Crippen molar-refractivity contribution in [3.63, 3.8) is 0 Å². The SMILES string of the molecule is Cc1nc(N)cc(-c2c(Nc3ccc(NC(=O)N4CCOCC4)cc3)nc3cccnn23)n1. The highest BCUT2D eigenvalue weighted by atomic mass is 16.5. The number of nitrogen functional groups attached to an aromatic ring is 1. The molecular weight excluding hydrogens is 422 g/mol. The summed E-state index contributed by atoms with van der Waals surface area (Å²) in [5.41, 5.74) is 9.41. The quantitative estimate of drug-likeness (QED) is 0.436. The lowest BCUT2D eigenvalue weighted by atomic mass is 10.2. The van der Waals surface area contributed by atoms with E-state index >= 15 is 0 Å². The lowest BCUT2D eigenvalue weighted by Crippen LogP contribution is -2.43. The molecule has 4 heterocycles. The molecule has 168 valence electrons. The van der Waals surface area contributed by atoms with Gasteiger partial charge in [0.05, 0.1) is 18.9 Å². The number of urea groups is 1. The topological polar surface area (TPSA) is 136 Å². The van der Waals surface area contributed by atoms with Gasteiger partial charge in [-0.2, -0.15) is 5.10 Å². The van der Waals surface area contributed by atoms with Crippen LogP contribution in [0.3, 0.4) is 0 Å². The second kappa shape index (κ2) is 8.71. The Kier molecular flexibility index (Phi) is 5.45. The molecule has 1 aliphatic rings.